The lowest BCUT2D eigenvalue weighted by molar-refractivity contribution is 0.494. The summed E-state index contributed by atoms with van der Waals surface area (Å²) in [6.45, 7) is 2.05. The summed E-state index contributed by atoms with van der Waals surface area (Å²) < 4.78 is 5.41. The van der Waals surface area contributed by atoms with Crippen LogP contribution in [0.1, 0.15) is 24.4 Å². The summed E-state index contributed by atoms with van der Waals surface area (Å²) in [6.07, 6.45) is 0. The molecule has 6 heteroatoms. The Kier molecular flexibility index (Phi) is 4.09. The Morgan fingerprint density at radius 2 is 1.94 bits per heavy atom. The van der Waals surface area contributed by atoms with Gasteiger partial charge in [-0.2, -0.15) is 0 Å². The van der Waals surface area contributed by atoms with Crippen LogP contribution < -0.4 is 4.90 Å². The summed E-state index contributed by atoms with van der Waals surface area (Å²) in [7, 11) is 1.89. The Bertz CT molecular complexity index is 512. The summed E-state index contributed by atoms with van der Waals surface area (Å²) in [4.78, 5) is 1.90. The second-order valence-corrected chi connectivity index (χ2v) is 4.65. The lowest BCUT2D eigenvalue weighted by Gasteiger charge is -2.22. The molecule has 0 saturated carbocycles. The van der Waals surface area contributed by atoms with Crippen LogP contribution >= 0.6 is 23.2 Å². The molecule has 0 aliphatic heterocycles. The van der Waals surface area contributed by atoms with E-state index in [2.05, 4.69) is 10.2 Å². The molecule has 1 aromatic heterocycles. The van der Waals surface area contributed by atoms with Gasteiger partial charge in [0.2, 0.25) is 5.89 Å². The molecule has 1 aromatic carbocycles. The van der Waals surface area contributed by atoms with Gasteiger partial charge in [0, 0.05) is 12.1 Å². The van der Waals surface area contributed by atoms with Crippen molar-refractivity contribution >= 4 is 29.2 Å². The predicted molar refractivity (Wildman–Crippen MR) is 72.1 cm³/mol. The fourth-order valence-electron chi connectivity index (χ4n) is 1.57. The minimum Gasteiger partial charge on any atom is -0.407 e. The topological polar surface area (TPSA) is 42.2 Å². The number of halogens is 2. The molecule has 0 N–H and O–H groups in total. The van der Waals surface area contributed by atoms with Crippen LogP contribution in [0, 0.1) is 0 Å². The Hall–Kier alpha value is -1.26. The first-order chi connectivity index (χ1) is 8.61. The molecule has 96 valence electrons. The zero-order valence-corrected chi connectivity index (χ0v) is 11.6. The third-order valence-electron chi connectivity index (χ3n) is 2.81. The van der Waals surface area contributed by atoms with E-state index in [0.717, 1.165) is 10.6 Å². The van der Waals surface area contributed by atoms with Crippen LogP contribution in [0.4, 0.5) is 6.01 Å². The zero-order chi connectivity index (χ0) is 13.1. The molecule has 2 aromatic rings. The number of nitrogens with zero attached hydrogens (tertiary/aromatic N) is 3. The minimum absolute atomic E-state index is 0.103. The molecule has 1 heterocycles. The molecule has 0 amide bonds. The van der Waals surface area contributed by atoms with Crippen molar-refractivity contribution in [3.8, 4) is 0 Å². The van der Waals surface area contributed by atoms with Crippen molar-refractivity contribution in [1.82, 2.24) is 10.2 Å². The highest BCUT2D eigenvalue weighted by atomic mass is 35.5. The van der Waals surface area contributed by atoms with Crippen LogP contribution in [-0.2, 0) is 5.88 Å². The molecule has 0 spiro atoms. The third-order valence-corrected chi connectivity index (χ3v) is 3.29. The van der Waals surface area contributed by atoms with Crippen molar-refractivity contribution in [2.24, 2.45) is 0 Å². The average Bonchev–Trinajstić information content (AvgIpc) is 2.86. The summed E-state index contributed by atoms with van der Waals surface area (Å²) in [5, 5.41) is 8.50. The first kappa shape index (κ1) is 13.2. The van der Waals surface area contributed by atoms with Gasteiger partial charge < -0.3 is 9.32 Å². The van der Waals surface area contributed by atoms with Gasteiger partial charge in [0.1, 0.15) is 5.88 Å². The van der Waals surface area contributed by atoms with Gasteiger partial charge in [0.15, 0.2) is 0 Å². The number of hydrogen-bond donors (Lipinski definition) is 0. The fourth-order valence-corrected chi connectivity index (χ4v) is 1.81. The monoisotopic (exact) mass is 285 g/mol. The Morgan fingerprint density at radius 3 is 2.50 bits per heavy atom. The van der Waals surface area contributed by atoms with Crippen molar-refractivity contribution in [3.05, 3.63) is 40.7 Å². The number of aromatic nitrogens is 2. The molecule has 1 atom stereocenters. The molecule has 0 radical (unpaired) electrons. The predicted octanol–water partition coefficient (Wildman–Crippen LogP) is 3.66. The second-order valence-electron chi connectivity index (χ2n) is 3.95. The summed E-state index contributed by atoms with van der Waals surface area (Å²) in [6, 6.07) is 8.22. The molecule has 4 nitrogen and oxygen atoms in total. The van der Waals surface area contributed by atoms with Gasteiger partial charge in [-0.05, 0) is 24.6 Å². The van der Waals surface area contributed by atoms with Crippen molar-refractivity contribution in [1.29, 1.82) is 0 Å². The number of hydrogen-bond acceptors (Lipinski definition) is 4. The van der Waals surface area contributed by atoms with Crippen molar-refractivity contribution in [3.63, 3.8) is 0 Å². The van der Waals surface area contributed by atoms with Gasteiger partial charge >= 0.3 is 6.01 Å². The third kappa shape index (κ3) is 2.76. The van der Waals surface area contributed by atoms with Crippen LogP contribution in [-0.4, -0.2) is 17.2 Å². The zero-order valence-electron chi connectivity index (χ0n) is 10.1. The lowest BCUT2D eigenvalue weighted by Crippen LogP contribution is -2.21. The molecule has 0 aliphatic carbocycles. The lowest BCUT2D eigenvalue weighted by atomic mass is 10.1. The van der Waals surface area contributed by atoms with Gasteiger partial charge in [-0.15, -0.1) is 16.7 Å². The highest BCUT2D eigenvalue weighted by Crippen LogP contribution is 2.25. The molecule has 0 fully saturated rings. The Balaban J connectivity index is 2.17. The maximum Gasteiger partial charge on any atom is 0.318 e. The SMILES string of the molecule is CC(c1ccc(Cl)cc1)N(C)c1nnc(CCl)o1. The van der Waals surface area contributed by atoms with E-state index in [1.165, 1.54) is 0 Å². The normalized spacial score (nSPS) is 12.4. The largest absolute Gasteiger partial charge is 0.407 e. The fraction of sp³-hybridized carbons (Fsp3) is 0.333. The summed E-state index contributed by atoms with van der Waals surface area (Å²) >= 11 is 11.5. The highest BCUT2D eigenvalue weighted by molar-refractivity contribution is 6.30. The molecular formula is C12H13Cl2N3O. The standard InChI is InChI=1S/C12H13Cl2N3O/c1-8(9-3-5-10(14)6-4-9)17(2)12-16-15-11(7-13)18-12/h3-6,8H,7H2,1-2H3. The van der Waals surface area contributed by atoms with E-state index in [0.29, 0.717) is 11.9 Å². The number of benzene rings is 1. The quantitative estimate of drug-likeness (QED) is 0.804. The molecule has 2 rings (SSSR count). The van der Waals surface area contributed by atoms with Crippen LogP contribution in [0.2, 0.25) is 5.02 Å². The van der Waals surface area contributed by atoms with Crippen molar-refractivity contribution in [2.75, 3.05) is 11.9 Å². The van der Waals surface area contributed by atoms with Crippen LogP contribution in [0.3, 0.4) is 0 Å². The van der Waals surface area contributed by atoms with E-state index in [4.69, 9.17) is 27.6 Å². The van der Waals surface area contributed by atoms with Gasteiger partial charge in [-0.25, -0.2) is 0 Å². The Labute approximate surface area is 116 Å². The number of rotatable bonds is 4. The minimum atomic E-state index is 0.103. The van der Waals surface area contributed by atoms with Gasteiger partial charge in [-0.3, -0.25) is 0 Å². The van der Waals surface area contributed by atoms with Crippen LogP contribution in [0.5, 0.6) is 0 Å². The maximum absolute atomic E-state index is 5.87. The first-order valence-corrected chi connectivity index (χ1v) is 6.39. The van der Waals surface area contributed by atoms with Crippen LogP contribution in [0.15, 0.2) is 28.7 Å². The van der Waals surface area contributed by atoms with Crippen molar-refractivity contribution in [2.45, 2.75) is 18.8 Å². The van der Waals surface area contributed by atoms with Crippen molar-refractivity contribution < 1.29 is 4.42 Å². The molecule has 0 bridgehead atoms. The highest BCUT2D eigenvalue weighted by Gasteiger charge is 2.17. The number of anilines is 1. The van der Waals surface area contributed by atoms with Crippen LogP contribution in [0.25, 0.3) is 0 Å². The van der Waals surface area contributed by atoms with Gasteiger partial charge in [-0.1, -0.05) is 28.8 Å². The van der Waals surface area contributed by atoms with Gasteiger partial charge in [0.05, 0.1) is 6.04 Å². The molecule has 0 aliphatic rings. The van der Waals surface area contributed by atoms with E-state index in [9.17, 15) is 0 Å². The smallest absolute Gasteiger partial charge is 0.318 e. The van der Waals surface area contributed by atoms with E-state index in [1.807, 2.05) is 43.1 Å². The van der Waals surface area contributed by atoms with E-state index >= 15 is 0 Å². The molecule has 0 saturated heterocycles. The first-order valence-electron chi connectivity index (χ1n) is 5.48. The molecule has 18 heavy (non-hydrogen) atoms. The maximum atomic E-state index is 5.87. The second kappa shape index (κ2) is 5.59. The average molecular weight is 286 g/mol. The van der Waals surface area contributed by atoms with E-state index in [1.54, 1.807) is 0 Å². The molecule has 1 unspecified atom stereocenters. The molecular weight excluding hydrogens is 273 g/mol. The van der Waals surface area contributed by atoms with E-state index in [-0.39, 0.29) is 11.9 Å². The number of alkyl halides is 1. The summed E-state index contributed by atoms with van der Waals surface area (Å²) in [5.41, 5.74) is 1.12. The van der Waals surface area contributed by atoms with Gasteiger partial charge in [0.25, 0.3) is 0 Å². The summed E-state index contributed by atoms with van der Waals surface area (Å²) in [5.74, 6) is 0.637. The Morgan fingerprint density at radius 1 is 1.28 bits per heavy atom. The van der Waals surface area contributed by atoms with E-state index < -0.39 is 0 Å².